The second kappa shape index (κ2) is 11.3. The Balaban J connectivity index is 1.69. The lowest BCUT2D eigenvalue weighted by Gasteiger charge is -2.37. The van der Waals surface area contributed by atoms with Crippen LogP contribution in [-0.2, 0) is 5.92 Å². The third-order valence-corrected chi connectivity index (χ3v) is 7.14. The van der Waals surface area contributed by atoms with Crippen molar-refractivity contribution in [2.45, 2.75) is 45.7 Å². The van der Waals surface area contributed by atoms with E-state index in [1.54, 1.807) is 43.0 Å². The minimum Gasteiger partial charge on any atom is -0.493 e. The van der Waals surface area contributed by atoms with Gasteiger partial charge in [0.05, 0.1) is 18.7 Å². The molecule has 0 radical (unpaired) electrons. The topological polar surface area (TPSA) is 100 Å². The van der Waals surface area contributed by atoms with Crippen molar-refractivity contribution in [2.24, 2.45) is 0 Å². The number of aliphatic hydroxyl groups is 1. The third kappa shape index (κ3) is 5.89. The number of nitrogens with zero attached hydrogens (tertiary/aromatic N) is 4. The van der Waals surface area contributed by atoms with Crippen LogP contribution >= 0.6 is 0 Å². The molecule has 2 N–H and O–H groups in total. The molecule has 1 aliphatic rings. The molecule has 1 unspecified atom stereocenters. The molecule has 9 nitrogen and oxygen atoms in total. The predicted molar refractivity (Wildman–Crippen MR) is 145 cm³/mol. The van der Waals surface area contributed by atoms with Crippen LogP contribution in [0.15, 0.2) is 30.3 Å². The lowest BCUT2D eigenvalue weighted by atomic mass is 9.94. The first-order chi connectivity index (χ1) is 18.4. The summed E-state index contributed by atoms with van der Waals surface area (Å²) in [6.45, 7) is 7.94. The highest BCUT2D eigenvalue weighted by Crippen LogP contribution is 2.37. The molecule has 1 aliphatic heterocycles. The van der Waals surface area contributed by atoms with E-state index < -0.39 is 24.7 Å². The van der Waals surface area contributed by atoms with Crippen molar-refractivity contribution in [1.29, 1.82) is 0 Å². The standard InChI is InChI=1S/C28H35F2N5O4/c1-16-14-34(5)10-11-35(16)27(37)39-25-12-21-23(13-24(25)38-6)32-19(4)33-26(21)31-18(3)20-8-7-9-22(17(20)2)28(29,30)15-36/h7-9,12-13,16,18,36H,10-11,14-15H2,1-6H3,(H,31,32,33)/t16?,18-/m1/s1. The summed E-state index contributed by atoms with van der Waals surface area (Å²) in [5, 5.41) is 13.1. The second-order valence-electron chi connectivity index (χ2n) is 10.1. The van der Waals surface area contributed by atoms with E-state index in [1.165, 1.54) is 13.2 Å². The highest BCUT2D eigenvalue weighted by atomic mass is 19.3. The average Bonchev–Trinajstić information content (AvgIpc) is 2.88. The Morgan fingerprint density at radius 3 is 2.64 bits per heavy atom. The predicted octanol–water partition coefficient (Wildman–Crippen LogP) is 4.65. The van der Waals surface area contributed by atoms with E-state index in [9.17, 15) is 18.7 Å². The van der Waals surface area contributed by atoms with Crippen molar-refractivity contribution in [3.8, 4) is 11.5 Å². The average molecular weight is 544 g/mol. The lowest BCUT2D eigenvalue weighted by Crippen LogP contribution is -2.53. The van der Waals surface area contributed by atoms with Gasteiger partial charge in [-0.15, -0.1) is 0 Å². The number of carbonyl (C=O) groups excluding carboxylic acids is 1. The molecule has 0 spiro atoms. The summed E-state index contributed by atoms with van der Waals surface area (Å²) in [5.74, 6) is -1.83. The fraction of sp³-hybridized carbons (Fsp3) is 0.464. The Labute approximate surface area is 226 Å². The van der Waals surface area contributed by atoms with Crippen molar-refractivity contribution >= 4 is 22.8 Å². The van der Waals surface area contributed by atoms with Crippen LogP contribution in [-0.4, -0.2) is 77.4 Å². The highest BCUT2D eigenvalue weighted by Gasteiger charge is 2.33. The number of ether oxygens (including phenoxy) is 2. The number of amides is 1. The van der Waals surface area contributed by atoms with Crippen LogP contribution in [0.5, 0.6) is 11.5 Å². The normalized spacial score (nSPS) is 17.3. The van der Waals surface area contributed by atoms with Crippen LogP contribution in [0.1, 0.15) is 42.4 Å². The molecule has 11 heteroatoms. The number of likely N-dealkylation sites (N-methyl/N-ethyl adjacent to an activating group) is 1. The van der Waals surface area contributed by atoms with Gasteiger partial charge in [-0.1, -0.05) is 18.2 Å². The summed E-state index contributed by atoms with van der Waals surface area (Å²) >= 11 is 0. The van der Waals surface area contributed by atoms with E-state index in [0.29, 0.717) is 46.0 Å². The van der Waals surface area contributed by atoms with Crippen molar-refractivity contribution in [3.05, 3.63) is 52.8 Å². The molecule has 1 saturated heterocycles. The van der Waals surface area contributed by atoms with Crippen LogP contribution < -0.4 is 14.8 Å². The number of aryl methyl sites for hydroxylation is 1. The number of methoxy groups -OCH3 is 1. The number of halogens is 2. The Hall–Kier alpha value is -3.57. The van der Waals surface area contributed by atoms with Gasteiger partial charge in [0.25, 0.3) is 5.92 Å². The summed E-state index contributed by atoms with van der Waals surface area (Å²) in [5.41, 5.74) is 1.36. The number of fused-ring (bicyclic) bond motifs is 1. The molecule has 2 aromatic carbocycles. The van der Waals surface area contributed by atoms with Crippen molar-refractivity contribution in [2.75, 3.05) is 45.7 Å². The first kappa shape index (κ1) is 28.4. The van der Waals surface area contributed by atoms with E-state index >= 15 is 0 Å². The van der Waals surface area contributed by atoms with Gasteiger partial charge < -0.3 is 29.7 Å². The molecule has 1 aromatic heterocycles. The van der Waals surface area contributed by atoms with Gasteiger partial charge >= 0.3 is 6.09 Å². The van der Waals surface area contributed by atoms with Gasteiger partial charge in [-0.05, 0) is 51.9 Å². The van der Waals surface area contributed by atoms with E-state index in [2.05, 4.69) is 20.2 Å². The van der Waals surface area contributed by atoms with E-state index in [1.807, 2.05) is 20.9 Å². The number of alkyl halides is 2. The number of hydrogen-bond donors (Lipinski definition) is 2. The van der Waals surface area contributed by atoms with E-state index in [0.717, 1.165) is 13.1 Å². The minimum atomic E-state index is -3.35. The summed E-state index contributed by atoms with van der Waals surface area (Å²) in [4.78, 5) is 26.0. The number of carbonyl (C=O) groups is 1. The molecule has 0 bridgehead atoms. The largest absolute Gasteiger partial charge is 0.493 e. The Morgan fingerprint density at radius 1 is 1.23 bits per heavy atom. The summed E-state index contributed by atoms with van der Waals surface area (Å²) in [6, 6.07) is 7.53. The van der Waals surface area contributed by atoms with Crippen molar-refractivity contribution < 1.29 is 28.2 Å². The summed E-state index contributed by atoms with van der Waals surface area (Å²) in [6.07, 6.45) is -0.471. The van der Waals surface area contributed by atoms with Gasteiger partial charge in [-0.3, -0.25) is 0 Å². The minimum absolute atomic E-state index is 0.0102. The summed E-state index contributed by atoms with van der Waals surface area (Å²) < 4.78 is 40.0. The molecule has 2 atom stereocenters. The number of piperazine rings is 1. The second-order valence-corrected chi connectivity index (χ2v) is 10.1. The number of rotatable bonds is 7. The number of hydrogen-bond acceptors (Lipinski definition) is 8. The molecule has 1 fully saturated rings. The lowest BCUT2D eigenvalue weighted by molar-refractivity contribution is -0.0561. The fourth-order valence-electron chi connectivity index (χ4n) is 5.05. The van der Waals surface area contributed by atoms with E-state index in [4.69, 9.17) is 9.47 Å². The first-order valence-corrected chi connectivity index (χ1v) is 12.8. The Morgan fingerprint density at radius 2 is 1.97 bits per heavy atom. The van der Waals surface area contributed by atoms with Crippen LogP contribution in [0.25, 0.3) is 10.9 Å². The zero-order valence-electron chi connectivity index (χ0n) is 23.1. The molecule has 2 heterocycles. The summed E-state index contributed by atoms with van der Waals surface area (Å²) in [7, 11) is 3.50. The highest BCUT2D eigenvalue weighted by molar-refractivity contribution is 5.92. The molecule has 1 amide bonds. The first-order valence-electron chi connectivity index (χ1n) is 12.8. The van der Waals surface area contributed by atoms with Crippen molar-refractivity contribution in [1.82, 2.24) is 19.8 Å². The van der Waals surface area contributed by atoms with Crippen LogP contribution in [0.4, 0.5) is 19.4 Å². The molecule has 3 aromatic rings. The number of benzene rings is 2. The molecule has 4 rings (SSSR count). The fourth-order valence-corrected chi connectivity index (χ4v) is 5.05. The molecular formula is C28H35F2N5O4. The SMILES string of the molecule is COc1cc2nc(C)nc(N[C@H](C)c3cccc(C(F)(F)CO)c3C)c2cc1OC(=O)N1CCN(C)CC1C. The number of anilines is 1. The van der Waals surface area contributed by atoms with Gasteiger partial charge in [0.15, 0.2) is 11.5 Å². The molecule has 210 valence electrons. The monoisotopic (exact) mass is 543 g/mol. The molecule has 0 aliphatic carbocycles. The Bertz CT molecular complexity index is 1370. The quantitative estimate of drug-likeness (QED) is 0.445. The zero-order valence-corrected chi connectivity index (χ0v) is 23.1. The zero-order chi connectivity index (χ0) is 28.5. The van der Waals surface area contributed by atoms with Crippen LogP contribution in [0.3, 0.4) is 0 Å². The number of nitrogens with one attached hydrogen (secondary N) is 1. The van der Waals surface area contributed by atoms with Gasteiger partial charge in [-0.25, -0.2) is 14.8 Å². The number of aromatic nitrogens is 2. The number of aliphatic hydroxyl groups excluding tert-OH is 1. The van der Waals surface area contributed by atoms with E-state index in [-0.39, 0.29) is 17.4 Å². The molecule has 39 heavy (non-hydrogen) atoms. The Kier molecular flexibility index (Phi) is 8.22. The molecule has 0 saturated carbocycles. The van der Waals surface area contributed by atoms with Gasteiger partial charge in [0.2, 0.25) is 0 Å². The van der Waals surface area contributed by atoms with Gasteiger partial charge in [-0.2, -0.15) is 8.78 Å². The van der Waals surface area contributed by atoms with Crippen molar-refractivity contribution in [3.63, 3.8) is 0 Å². The maximum atomic E-state index is 14.3. The van der Waals surface area contributed by atoms with Crippen LogP contribution in [0, 0.1) is 13.8 Å². The maximum absolute atomic E-state index is 14.3. The van der Waals surface area contributed by atoms with Crippen LogP contribution in [0.2, 0.25) is 0 Å². The smallest absolute Gasteiger partial charge is 0.415 e. The van der Waals surface area contributed by atoms with Gasteiger partial charge in [0.1, 0.15) is 18.2 Å². The maximum Gasteiger partial charge on any atom is 0.415 e. The molecular weight excluding hydrogens is 508 g/mol. The third-order valence-electron chi connectivity index (χ3n) is 7.14. The van der Waals surface area contributed by atoms with Gasteiger partial charge in [0, 0.05) is 42.7 Å².